The van der Waals surface area contributed by atoms with Crippen molar-refractivity contribution in [1.82, 2.24) is 15.5 Å². The van der Waals surface area contributed by atoms with Crippen molar-refractivity contribution in [2.75, 3.05) is 6.54 Å². The van der Waals surface area contributed by atoms with E-state index in [4.69, 9.17) is 10.9 Å². The Morgan fingerprint density at radius 3 is 3.08 bits per heavy atom. The second-order valence-electron chi connectivity index (χ2n) is 2.71. The summed E-state index contributed by atoms with van der Waals surface area (Å²) < 4.78 is 4.81. The molecule has 0 unspecified atom stereocenters. The van der Waals surface area contributed by atoms with Crippen molar-refractivity contribution in [3.05, 3.63) is 11.7 Å². The topological polar surface area (TPSA) is 51.0 Å². The molecule has 1 heterocycles. The molecule has 4 heteroatoms. The Morgan fingerprint density at radius 2 is 2.46 bits per heavy atom. The molecular weight excluding hydrogens is 166 g/mol. The Kier molecular flexibility index (Phi) is 4.00. The molecule has 0 spiro atoms. The second kappa shape index (κ2) is 5.33. The van der Waals surface area contributed by atoms with Gasteiger partial charge in [0.1, 0.15) is 0 Å². The summed E-state index contributed by atoms with van der Waals surface area (Å²) in [5, 5.41) is 6.91. The minimum absolute atomic E-state index is 0.598. The Hall–Kier alpha value is -1.34. The molecule has 4 nitrogen and oxygen atoms in total. The Bertz CT molecular complexity index is 287. The smallest absolute Gasteiger partial charge is 0.223 e. The highest BCUT2D eigenvalue weighted by molar-refractivity contribution is 4.84. The SMILES string of the molecule is C#CCCCNCc1noc(C)n1. The summed E-state index contributed by atoms with van der Waals surface area (Å²) in [6, 6.07) is 0. The number of nitrogens with zero attached hydrogens (tertiary/aromatic N) is 2. The molecular formula is C9H13N3O. The van der Waals surface area contributed by atoms with Gasteiger partial charge in [-0.2, -0.15) is 4.98 Å². The van der Waals surface area contributed by atoms with Crippen molar-refractivity contribution in [3.63, 3.8) is 0 Å². The van der Waals surface area contributed by atoms with Gasteiger partial charge in [-0.15, -0.1) is 12.3 Å². The zero-order valence-electron chi connectivity index (χ0n) is 7.71. The van der Waals surface area contributed by atoms with Gasteiger partial charge in [-0.3, -0.25) is 0 Å². The molecule has 0 radical (unpaired) electrons. The van der Waals surface area contributed by atoms with Gasteiger partial charge >= 0.3 is 0 Å². The van der Waals surface area contributed by atoms with Crippen LogP contribution in [0.15, 0.2) is 4.52 Å². The van der Waals surface area contributed by atoms with Crippen LogP contribution in [0.1, 0.15) is 24.6 Å². The van der Waals surface area contributed by atoms with Gasteiger partial charge in [0.2, 0.25) is 5.89 Å². The van der Waals surface area contributed by atoms with Crippen LogP contribution in [-0.2, 0) is 6.54 Å². The molecule has 0 atom stereocenters. The first kappa shape index (κ1) is 9.75. The van der Waals surface area contributed by atoms with Crippen LogP contribution < -0.4 is 5.32 Å². The van der Waals surface area contributed by atoms with Gasteiger partial charge in [0.15, 0.2) is 5.82 Å². The third-order valence-electron chi connectivity index (χ3n) is 1.53. The van der Waals surface area contributed by atoms with Crippen molar-refractivity contribution in [2.45, 2.75) is 26.3 Å². The number of unbranched alkanes of at least 4 members (excludes halogenated alkanes) is 1. The molecule has 0 amide bonds. The molecule has 0 bridgehead atoms. The van der Waals surface area contributed by atoms with Crippen LogP contribution in [0, 0.1) is 19.3 Å². The number of aryl methyl sites for hydroxylation is 1. The maximum atomic E-state index is 5.11. The molecule has 0 aliphatic heterocycles. The molecule has 1 aromatic rings. The highest BCUT2D eigenvalue weighted by atomic mass is 16.5. The van der Waals surface area contributed by atoms with Crippen LogP contribution in [-0.4, -0.2) is 16.7 Å². The molecule has 13 heavy (non-hydrogen) atoms. The highest BCUT2D eigenvalue weighted by Gasteiger charge is 1.99. The van der Waals surface area contributed by atoms with Crippen LogP contribution in [0.3, 0.4) is 0 Å². The van der Waals surface area contributed by atoms with Crippen LogP contribution in [0.25, 0.3) is 0 Å². The van der Waals surface area contributed by atoms with Gasteiger partial charge < -0.3 is 9.84 Å². The number of nitrogens with one attached hydrogen (secondary N) is 1. The normalized spacial score (nSPS) is 9.85. The van der Waals surface area contributed by atoms with E-state index in [2.05, 4.69) is 21.4 Å². The zero-order chi connectivity index (χ0) is 9.52. The fourth-order valence-corrected chi connectivity index (χ4v) is 0.929. The highest BCUT2D eigenvalue weighted by Crippen LogP contribution is 1.93. The maximum Gasteiger partial charge on any atom is 0.223 e. The Balaban J connectivity index is 2.10. The van der Waals surface area contributed by atoms with E-state index in [1.807, 2.05) is 0 Å². The summed E-state index contributed by atoms with van der Waals surface area (Å²) in [5.41, 5.74) is 0. The molecule has 0 aliphatic carbocycles. The quantitative estimate of drug-likeness (QED) is 0.538. The molecule has 0 saturated heterocycles. The van der Waals surface area contributed by atoms with Crippen LogP contribution in [0.4, 0.5) is 0 Å². The molecule has 0 aromatic carbocycles. The first-order chi connectivity index (χ1) is 6.33. The van der Waals surface area contributed by atoms with E-state index < -0.39 is 0 Å². The fraction of sp³-hybridized carbons (Fsp3) is 0.556. The van der Waals surface area contributed by atoms with Crippen molar-refractivity contribution >= 4 is 0 Å². The van der Waals surface area contributed by atoms with Crippen LogP contribution >= 0.6 is 0 Å². The number of aromatic nitrogens is 2. The van der Waals surface area contributed by atoms with E-state index in [-0.39, 0.29) is 0 Å². The molecule has 1 N–H and O–H groups in total. The molecule has 1 aromatic heterocycles. The van der Waals surface area contributed by atoms with Gasteiger partial charge in [-0.1, -0.05) is 5.16 Å². The summed E-state index contributed by atoms with van der Waals surface area (Å²) >= 11 is 0. The second-order valence-corrected chi connectivity index (χ2v) is 2.71. The fourth-order valence-electron chi connectivity index (χ4n) is 0.929. The van der Waals surface area contributed by atoms with Crippen LogP contribution in [0.5, 0.6) is 0 Å². The van der Waals surface area contributed by atoms with Crippen molar-refractivity contribution < 1.29 is 4.52 Å². The lowest BCUT2D eigenvalue weighted by Gasteiger charge is -1.97. The van der Waals surface area contributed by atoms with E-state index in [1.54, 1.807) is 6.92 Å². The summed E-state index contributed by atoms with van der Waals surface area (Å²) in [7, 11) is 0. The van der Waals surface area contributed by atoms with E-state index in [0.717, 1.165) is 19.4 Å². The Morgan fingerprint density at radius 1 is 1.62 bits per heavy atom. The van der Waals surface area contributed by atoms with Gasteiger partial charge in [0.25, 0.3) is 0 Å². The molecule has 0 fully saturated rings. The minimum atomic E-state index is 0.598. The summed E-state index contributed by atoms with van der Waals surface area (Å²) in [6.45, 7) is 3.30. The molecule has 0 aliphatic rings. The zero-order valence-corrected chi connectivity index (χ0v) is 7.71. The van der Waals surface area contributed by atoms with Gasteiger partial charge in [0, 0.05) is 13.3 Å². The lowest BCUT2D eigenvalue weighted by atomic mass is 10.3. The molecule has 0 saturated carbocycles. The first-order valence-electron chi connectivity index (χ1n) is 4.26. The molecule has 1 rings (SSSR count). The predicted octanol–water partition coefficient (Wildman–Crippen LogP) is 0.881. The number of hydrogen-bond acceptors (Lipinski definition) is 4. The van der Waals surface area contributed by atoms with Crippen molar-refractivity contribution in [1.29, 1.82) is 0 Å². The van der Waals surface area contributed by atoms with E-state index in [9.17, 15) is 0 Å². The number of rotatable bonds is 5. The van der Waals surface area contributed by atoms with Gasteiger partial charge in [-0.05, 0) is 13.0 Å². The molecule has 70 valence electrons. The number of terminal acetylenes is 1. The summed E-state index contributed by atoms with van der Waals surface area (Å²) in [5.74, 6) is 3.87. The summed E-state index contributed by atoms with van der Waals surface area (Å²) in [6.07, 6.45) is 6.89. The van der Waals surface area contributed by atoms with Crippen LogP contribution in [0.2, 0.25) is 0 Å². The van der Waals surface area contributed by atoms with E-state index in [1.165, 1.54) is 0 Å². The lowest BCUT2D eigenvalue weighted by molar-refractivity contribution is 0.385. The first-order valence-corrected chi connectivity index (χ1v) is 4.26. The van der Waals surface area contributed by atoms with Gasteiger partial charge in [0.05, 0.1) is 6.54 Å². The lowest BCUT2D eigenvalue weighted by Crippen LogP contribution is -2.15. The number of hydrogen-bond donors (Lipinski definition) is 1. The maximum absolute atomic E-state index is 5.11. The van der Waals surface area contributed by atoms with Gasteiger partial charge in [-0.25, -0.2) is 0 Å². The Labute approximate surface area is 77.7 Å². The standard InChI is InChI=1S/C9H13N3O/c1-3-4-5-6-10-7-9-11-8(2)13-12-9/h1,10H,4-7H2,2H3. The largest absolute Gasteiger partial charge is 0.340 e. The monoisotopic (exact) mass is 179 g/mol. The van der Waals surface area contributed by atoms with E-state index in [0.29, 0.717) is 18.3 Å². The van der Waals surface area contributed by atoms with E-state index >= 15 is 0 Å². The minimum Gasteiger partial charge on any atom is -0.340 e. The predicted molar refractivity (Wildman–Crippen MR) is 48.8 cm³/mol. The summed E-state index contributed by atoms with van der Waals surface area (Å²) in [4.78, 5) is 4.05. The average molecular weight is 179 g/mol. The van der Waals surface area contributed by atoms with Crippen molar-refractivity contribution in [2.24, 2.45) is 0 Å². The third kappa shape index (κ3) is 3.72. The average Bonchev–Trinajstić information content (AvgIpc) is 2.51. The third-order valence-corrected chi connectivity index (χ3v) is 1.53. The van der Waals surface area contributed by atoms with Crippen molar-refractivity contribution in [3.8, 4) is 12.3 Å².